The van der Waals surface area contributed by atoms with Crippen molar-refractivity contribution in [3.63, 3.8) is 0 Å². The number of carbonyl (C=O) groups excluding carboxylic acids is 1. The lowest BCUT2D eigenvalue weighted by Gasteiger charge is -2.20. The van der Waals surface area contributed by atoms with Gasteiger partial charge >= 0.3 is 0 Å². The maximum Gasteiger partial charge on any atom is 0.225 e. The minimum atomic E-state index is -0.268. The molecule has 2 rings (SSSR count). The van der Waals surface area contributed by atoms with Crippen LogP contribution >= 0.6 is 0 Å². The van der Waals surface area contributed by atoms with Crippen LogP contribution in [0.15, 0.2) is 48.0 Å². The monoisotopic (exact) mass is 338 g/mol. The maximum atomic E-state index is 12.3. The van der Waals surface area contributed by atoms with Crippen molar-refractivity contribution in [3.8, 4) is 0 Å². The van der Waals surface area contributed by atoms with E-state index in [-0.39, 0.29) is 11.8 Å². The van der Waals surface area contributed by atoms with Gasteiger partial charge in [0.2, 0.25) is 5.91 Å². The number of primary amides is 1. The first-order valence-electron chi connectivity index (χ1n) is 9.18. The van der Waals surface area contributed by atoms with Gasteiger partial charge in [-0.15, -0.1) is 0 Å². The number of hydrogen-bond donors (Lipinski definition) is 2. The molecule has 0 radical (unpaired) electrons. The fourth-order valence-electron chi connectivity index (χ4n) is 3.22. The van der Waals surface area contributed by atoms with Crippen LogP contribution in [0.25, 0.3) is 10.8 Å². The minimum Gasteiger partial charge on any atom is -0.369 e. The summed E-state index contributed by atoms with van der Waals surface area (Å²) in [5.74, 6) is -0.510. The highest BCUT2D eigenvalue weighted by Gasteiger charge is 2.22. The zero-order valence-corrected chi connectivity index (χ0v) is 15.6. The molecule has 25 heavy (non-hydrogen) atoms. The average molecular weight is 338 g/mol. The molecule has 0 bridgehead atoms. The molecule has 0 saturated carbocycles. The standard InChI is InChI=1S/C22H30N2O/c1-4-14-24-15-13-20(22(23)25)21-18(10-9-16(2)3)12-11-17-7-5-6-8-19(17)21/h5-9,11-12,20,24H,4,10,13-15H2,1-3H3,(H2,23,25). The summed E-state index contributed by atoms with van der Waals surface area (Å²) in [5.41, 5.74) is 9.39. The van der Waals surface area contributed by atoms with Crippen molar-refractivity contribution in [2.45, 2.75) is 46.0 Å². The van der Waals surface area contributed by atoms with Crippen LogP contribution in [-0.2, 0) is 11.2 Å². The van der Waals surface area contributed by atoms with Gasteiger partial charge in [0, 0.05) is 0 Å². The van der Waals surface area contributed by atoms with E-state index in [4.69, 9.17) is 5.73 Å². The molecule has 0 heterocycles. The fourth-order valence-corrected chi connectivity index (χ4v) is 3.22. The summed E-state index contributed by atoms with van der Waals surface area (Å²) in [6.07, 6.45) is 4.85. The molecule has 3 N–H and O–H groups in total. The molecule has 134 valence electrons. The first-order valence-corrected chi connectivity index (χ1v) is 9.18. The lowest BCUT2D eigenvalue weighted by Crippen LogP contribution is -2.27. The molecule has 2 aromatic rings. The van der Waals surface area contributed by atoms with Crippen molar-refractivity contribution < 1.29 is 4.79 Å². The molecular weight excluding hydrogens is 308 g/mol. The number of amides is 1. The van der Waals surface area contributed by atoms with E-state index in [2.05, 4.69) is 56.4 Å². The van der Waals surface area contributed by atoms with Gasteiger partial charge in [-0.25, -0.2) is 0 Å². The Morgan fingerprint density at radius 1 is 1.16 bits per heavy atom. The SMILES string of the molecule is CCCNCCC(C(N)=O)c1c(CC=C(C)C)ccc2ccccc12. The van der Waals surface area contributed by atoms with Crippen molar-refractivity contribution in [2.75, 3.05) is 13.1 Å². The van der Waals surface area contributed by atoms with E-state index in [1.54, 1.807) is 0 Å². The van der Waals surface area contributed by atoms with E-state index in [0.717, 1.165) is 48.7 Å². The molecule has 2 aromatic carbocycles. The third-order valence-corrected chi connectivity index (χ3v) is 4.52. The molecule has 3 heteroatoms. The normalized spacial score (nSPS) is 12.1. The molecule has 1 unspecified atom stereocenters. The fraction of sp³-hybridized carbons (Fsp3) is 0.409. The summed E-state index contributed by atoms with van der Waals surface area (Å²) in [5, 5.41) is 5.69. The van der Waals surface area contributed by atoms with Gasteiger partial charge in [-0.05, 0) is 68.1 Å². The first kappa shape index (κ1) is 19.2. The zero-order chi connectivity index (χ0) is 18.2. The van der Waals surface area contributed by atoms with Crippen LogP contribution in [0, 0.1) is 0 Å². The van der Waals surface area contributed by atoms with Gasteiger partial charge in [0.05, 0.1) is 5.92 Å². The Kier molecular flexibility index (Phi) is 7.20. The van der Waals surface area contributed by atoms with Gasteiger partial charge in [0.15, 0.2) is 0 Å². The molecule has 0 saturated heterocycles. The molecule has 3 nitrogen and oxygen atoms in total. The van der Waals surface area contributed by atoms with Crippen molar-refractivity contribution in [2.24, 2.45) is 5.73 Å². The highest BCUT2D eigenvalue weighted by Crippen LogP contribution is 2.32. The predicted molar refractivity (Wildman–Crippen MR) is 107 cm³/mol. The molecule has 0 aliphatic rings. The lowest BCUT2D eigenvalue weighted by atomic mass is 9.85. The quantitative estimate of drug-likeness (QED) is 0.529. The van der Waals surface area contributed by atoms with Crippen LogP contribution in [0.5, 0.6) is 0 Å². The van der Waals surface area contributed by atoms with Crippen molar-refractivity contribution in [1.29, 1.82) is 0 Å². The summed E-state index contributed by atoms with van der Waals surface area (Å²) in [4.78, 5) is 12.3. The Morgan fingerprint density at radius 2 is 1.92 bits per heavy atom. The highest BCUT2D eigenvalue weighted by atomic mass is 16.1. The number of nitrogens with one attached hydrogen (secondary N) is 1. The van der Waals surface area contributed by atoms with Crippen LogP contribution in [0.4, 0.5) is 0 Å². The second-order valence-electron chi connectivity index (χ2n) is 6.84. The number of hydrogen-bond acceptors (Lipinski definition) is 2. The molecule has 0 fully saturated rings. The number of carbonyl (C=O) groups is 1. The Hall–Kier alpha value is -2.13. The van der Waals surface area contributed by atoms with E-state index in [1.165, 1.54) is 11.1 Å². The summed E-state index contributed by atoms with van der Waals surface area (Å²) in [7, 11) is 0. The third kappa shape index (κ3) is 5.17. The van der Waals surface area contributed by atoms with E-state index >= 15 is 0 Å². The van der Waals surface area contributed by atoms with E-state index in [9.17, 15) is 4.79 Å². The van der Waals surface area contributed by atoms with Gasteiger partial charge in [-0.1, -0.05) is 55.0 Å². The van der Waals surface area contributed by atoms with Crippen LogP contribution < -0.4 is 11.1 Å². The summed E-state index contributed by atoms with van der Waals surface area (Å²) in [6.45, 7) is 8.10. The molecule has 0 aliphatic carbocycles. The Morgan fingerprint density at radius 3 is 2.60 bits per heavy atom. The second kappa shape index (κ2) is 9.38. The van der Waals surface area contributed by atoms with Crippen molar-refractivity contribution in [1.82, 2.24) is 5.32 Å². The van der Waals surface area contributed by atoms with Crippen LogP contribution in [0.1, 0.15) is 50.7 Å². The molecule has 1 atom stereocenters. The van der Waals surface area contributed by atoms with Gasteiger partial charge < -0.3 is 11.1 Å². The van der Waals surface area contributed by atoms with E-state index in [0.29, 0.717) is 0 Å². The summed E-state index contributed by atoms with van der Waals surface area (Å²) in [6, 6.07) is 12.5. The van der Waals surface area contributed by atoms with Crippen molar-refractivity contribution in [3.05, 3.63) is 59.2 Å². The van der Waals surface area contributed by atoms with Gasteiger partial charge in [0.25, 0.3) is 0 Å². The van der Waals surface area contributed by atoms with Crippen molar-refractivity contribution >= 4 is 16.7 Å². The molecule has 0 spiro atoms. The van der Waals surface area contributed by atoms with E-state index < -0.39 is 0 Å². The largest absolute Gasteiger partial charge is 0.369 e. The Bertz CT molecular complexity index is 745. The Labute approximate surface area is 151 Å². The molecule has 0 aliphatic heterocycles. The smallest absolute Gasteiger partial charge is 0.225 e. The number of allylic oxidation sites excluding steroid dienone is 2. The summed E-state index contributed by atoms with van der Waals surface area (Å²) < 4.78 is 0. The van der Waals surface area contributed by atoms with Gasteiger partial charge in [-0.3, -0.25) is 4.79 Å². The van der Waals surface area contributed by atoms with Gasteiger partial charge in [0.1, 0.15) is 0 Å². The van der Waals surface area contributed by atoms with Gasteiger partial charge in [-0.2, -0.15) is 0 Å². The predicted octanol–water partition coefficient (Wildman–Crippen LogP) is 4.31. The third-order valence-electron chi connectivity index (χ3n) is 4.52. The number of rotatable bonds is 9. The molecular formula is C22H30N2O. The number of fused-ring (bicyclic) bond motifs is 1. The Balaban J connectivity index is 2.46. The maximum absolute atomic E-state index is 12.3. The highest BCUT2D eigenvalue weighted by molar-refractivity contribution is 5.93. The first-order chi connectivity index (χ1) is 12.0. The lowest BCUT2D eigenvalue weighted by molar-refractivity contribution is -0.119. The topological polar surface area (TPSA) is 55.1 Å². The molecule has 0 aromatic heterocycles. The van der Waals surface area contributed by atoms with Crippen LogP contribution in [0.2, 0.25) is 0 Å². The minimum absolute atomic E-state index is 0.242. The zero-order valence-electron chi connectivity index (χ0n) is 15.6. The summed E-state index contributed by atoms with van der Waals surface area (Å²) >= 11 is 0. The molecule has 1 amide bonds. The second-order valence-corrected chi connectivity index (χ2v) is 6.84. The average Bonchev–Trinajstić information content (AvgIpc) is 2.59. The van der Waals surface area contributed by atoms with Crippen LogP contribution in [0.3, 0.4) is 0 Å². The number of nitrogens with two attached hydrogens (primary N) is 1. The van der Waals surface area contributed by atoms with E-state index in [1.807, 2.05) is 12.1 Å². The van der Waals surface area contributed by atoms with Crippen LogP contribution in [-0.4, -0.2) is 19.0 Å². The number of benzene rings is 2.